The third-order valence-electron chi connectivity index (χ3n) is 9.49. The number of benzene rings is 1. The average molecular weight is 845 g/mol. The number of alkyl halides is 3. The van der Waals surface area contributed by atoms with E-state index in [1.165, 1.54) is 18.3 Å². The molecule has 0 radical (unpaired) electrons. The van der Waals surface area contributed by atoms with Gasteiger partial charge in [-0.25, -0.2) is 22.9 Å². The third-order valence-corrected chi connectivity index (χ3v) is 11.0. The predicted octanol–water partition coefficient (Wildman–Crippen LogP) is 5.20. The van der Waals surface area contributed by atoms with Gasteiger partial charge in [-0.3, -0.25) is 24.9 Å². The number of amides is 1. The van der Waals surface area contributed by atoms with Crippen LogP contribution in [-0.2, 0) is 27.4 Å². The van der Waals surface area contributed by atoms with E-state index in [0.29, 0.717) is 5.56 Å². The lowest BCUT2D eigenvalue weighted by Gasteiger charge is -2.51. The summed E-state index contributed by atoms with van der Waals surface area (Å²) in [6, 6.07) is 12.0. The Morgan fingerprint density at radius 2 is 1.81 bits per heavy atom. The van der Waals surface area contributed by atoms with E-state index in [-0.39, 0.29) is 92.1 Å². The Bertz CT molecular complexity index is 2280. The lowest BCUT2D eigenvalue weighted by molar-refractivity contribution is -0.385. The Labute approximate surface area is 337 Å². The second kappa shape index (κ2) is 18.9. The standard InChI is InChI=1S/C38H43F3N8O9S/c1-4-37(34(50)29-11-8-14-43-33(29)38(39,40)41)23-42-22-32(57-5-2)48(37)26-20-25(47-30(21-26)28-10-7-15-44-35(28)58-6-3)18-24-19-27(12-13-31(24)49(53)54)59(55,56)46-17-9-16-45-36(51)52/h7-8,10-15,19-21,32,42,45-46H,4-6,9,16-18,22-23H2,1-3H3,(H,51,52). The number of nitrogens with one attached hydrogen (secondary N) is 3. The molecule has 3 aromatic heterocycles. The van der Waals surface area contributed by atoms with Crippen LogP contribution >= 0.6 is 0 Å². The van der Waals surface area contributed by atoms with Gasteiger partial charge in [0.1, 0.15) is 11.8 Å². The number of hydrogen-bond acceptors (Lipinski definition) is 13. The Hall–Kier alpha value is -5.77. The molecule has 2 unspecified atom stereocenters. The zero-order valence-corrected chi connectivity index (χ0v) is 33.1. The molecule has 316 valence electrons. The number of carboxylic acid groups (broad SMARTS) is 1. The summed E-state index contributed by atoms with van der Waals surface area (Å²) < 4.78 is 83.9. The molecule has 1 aromatic carbocycles. The lowest BCUT2D eigenvalue weighted by atomic mass is 9.81. The number of pyridine rings is 3. The van der Waals surface area contributed by atoms with Crippen molar-refractivity contribution in [3.8, 4) is 17.1 Å². The van der Waals surface area contributed by atoms with Crippen molar-refractivity contribution in [1.82, 2.24) is 30.3 Å². The minimum Gasteiger partial charge on any atom is -0.477 e. The van der Waals surface area contributed by atoms with E-state index >= 15 is 0 Å². The van der Waals surface area contributed by atoms with Crippen LogP contribution in [0.5, 0.6) is 5.88 Å². The molecule has 17 nitrogen and oxygen atoms in total. The number of halogens is 3. The first-order valence-corrected chi connectivity index (χ1v) is 20.1. The quantitative estimate of drug-likeness (QED) is 0.0437. The molecule has 21 heteroatoms. The fourth-order valence-electron chi connectivity index (χ4n) is 6.90. The van der Waals surface area contributed by atoms with Gasteiger partial charge >= 0.3 is 12.3 Å². The van der Waals surface area contributed by atoms with Crippen molar-refractivity contribution in [3.63, 3.8) is 0 Å². The molecule has 1 fully saturated rings. The molecule has 0 bridgehead atoms. The summed E-state index contributed by atoms with van der Waals surface area (Å²) in [7, 11) is -4.24. The number of hydrogen-bond donors (Lipinski definition) is 4. The molecule has 4 N–H and O–H groups in total. The highest BCUT2D eigenvalue weighted by Crippen LogP contribution is 2.40. The van der Waals surface area contributed by atoms with Gasteiger partial charge in [-0.2, -0.15) is 13.2 Å². The van der Waals surface area contributed by atoms with E-state index in [1.807, 2.05) is 0 Å². The van der Waals surface area contributed by atoms with E-state index in [0.717, 1.165) is 30.5 Å². The summed E-state index contributed by atoms with van der Waals surface area (Å²) in [6.07, 6.45) is -4.91. The topological polar surface area (TPSA) is 228 Å². The molecule has 4 aromatic rings. The summed E-state index contributed by atoms with van der Waals surface area (Å²) in [5, 5.41) is 26.4. The Balaban J connectivity index is 1.70. The first-order chi connectivity index (χ1) is 28.1. The molecule has 59 heavy (non-hydrogen) atoms. The second-order valence-electron chi connectivity index (χ2n) is 13.2. The molecular weight excluding hydrogens is 802 g/mol. The third kappa shape index (κ3) is 10.1. The second-order valence-corrected chi connectivity index (χ2v) is 15.0. The maximum absolute atomic E-state index is 14.7. The van der Waals surface area contributed by atoms with Gasteiger partial charge in [-0.15, -0.1) is 0 Å². The first kappa shape index (κ1) is 44.3. The molecule has 4 heterocycles. The van der Waals surface area contributed by atoms with Gasteiger partial charge in [0.25, 0.3) is 5.69 Å². The first-order valence-electron chi connectivity index (χ1n) is 18.6. The van der Waals surface area contributed by atoms with E-state index in [9.17, 15) is 41.3 Å². The smallest absolute Gasteiger partial charge is 0.434 e. The maximum atomic E-state index is 14.7. The highest BCUT2D eigenvalue weighted by Gasteiger charge is 2.51. The predicted molar refractivity (Wildman–Crippen MR) is 208 cm³/mol. The van der Waals surface area contributed by atoms with Crippen LogP contribution in [0.2, 0.25) is 0 Å². The average Bonchev–Trinajstić information content (AvgIpc) is 3.20. The number of nitrogens with zero attached hydrogens (tertiary/aromatic N) is 5. The van der Waals surface area contributed by atoms with Gasteiger partial charge in [0, 0.05) is 74.6 Å². The number of nitro groups is 1. The zero-order valence-electron chi connectivity index (χ0n) is 32.3. The number of ether oxygens (including phenoxy) is 2. The van der Waals surface area contributed by atoms with Crippen LogP contribution in [0.25, 0.3) is 11.3 Å². The number of Topliss-reactive ketones (excluding diaryl/α,β-unsaturated/α-hetero) is 1. The molecule has 1 amide bonds. The number of ketones is 1. The molecule has 2 atom stereocenters. The summed E-state index contributed by atoms with van der Waals surface area (Å²) >= 11 is 0. The normalized spacial score (nSPS) is 17.1. The van der Waals surface area contributed by atoms with Crippen molar-refractivity contribution in [3.05, 3.63) is 99.6 Å². The van der Waals surface area contributed by atoms with Gasteiger partial charge in [-0.1, -0.05) is 6.92 Å². The zero-order chi connectivity index (χ0) is 43.0. The molecule has 1 aliphatic rings. The minimum absolute atomic E-state index is 0.0105. The highest BCUT2D eigenvalue weighted by atomic mass is 32.2. The summed E-state index contributed by atoms with van der Waals surface area (Å²) in [5.41, 5.74) is -3.17. The van der Waals surface area contributed by atoms with E-state index in [2.05, 4.69) is 25.3 Å². The van der Waals surface area contributed by atoms with Gasteiger partial charge in [-0.05, 0) is 75.2 Å². The summed E-state index contributed by atoms with van der Waals surface area (Å²) in [5.74, 6) is -0.701. The molecule has 0 saturated carbocycles. The SMILES string of the molecule is CCOc1ncccc1-c1cc(N2C(OCC)CNCC2(CC)C(=O)c2cccnc2C(F)(F)F)cc(Cc2cc(S(=O)(=O)NCCCNC(=O)O)ccc2[N+](=O)[O-])n1. The number of piperazine rings is 1. The van der Waals surface area contributed by atoms with E-state index < -0.39 is 61.7 Å². The van der Waals surface area contributed by atoms with Crippen molar-refractivity contribution < 1.29 is 50.7 Å². The lowest BCUT2D eigenvalue weighted by Crippen LogP contribution is -2.70. The van der Waals surface area contributed by atoms with Crippen molar-refractivity contribution in [2.75, 3.05) is 44.3 Å². The number of carbonyl (C=O) groups is 2. The summed E-state index contributed by atoms with van der Waals surface area (Å²) in [4.78, 5) is 51.1. The van der Waals surface area contributed by atoms with Crippen LogP contribution in [-0.4, -0.2) is 96.4 Å². The van der Waals surface area contributed by atoms with Gasteiger partial charge in [0.15, 0.2) is 11.5 Å². The number of anilines is 1. The number of sulfonamides is 1. The van der Waals surface area contributed by atoms with Crippen molar-refractivity contribution >= 4 is 33.3 Å². The minimum atomic E-state index is -4.95. The van der Waals surface area contributed by atoms with Crippen LogP contribution in [0.3, 0.4) is 0 Å². The van der Waals surface area contributed by atoms with Gasteiger partial charge < -0.3 is 30.1 Å². The van der Waals surface area contributed by atoms with E-state index in [4.69, 9.17) is 19.6 Å². The van der Waals surface area contributed by atoms with E-state index in [1.54, 1.807) is 43.9 Å². The number of rotatable bonds is 18. The van der Waals surface area contributed by atoms with Crippen LogP contribution in [0.4, 0.5) is 29.3 Å². The molecular formula is C38H43F3N8O9S. The monoisotopic (exact) mass is 844 g/mol. The highest BCUT2D eigenvalue weighted by molar-refractivity contribution is 7.89. The molecule has 0 aliphatic carbocycles. The number of nitro benzene ring substituents is 1. The van der Waals surface area contributed by atoms with Crippen LogP contribution < -0.4 is 25.0 Å². The Morgan fingerprint density at radius 1 is 1.07 bits per heavy atom. The molecule has 1 aliphatic heterocycles. The fourth-order valence-corrected chi connectivity index (χ4v) is 8.02. The largest absolute Gasteiger partial charge is 0.477 e. The van der Waals surface area contributed by atoms with Crippen LogP contribution in [0.15, 0.2) is 71.9 Å². The molecule has 1 saturated heterocycles. The van der Waals surface area contributed by atoms with Crippen molar-refractivity contribution in [2.45, 2.75) is 62.9 Å². The summed E-state index contributed by atoms with van der Waals surface area (Å²) in [6.45, 7) is 5.39. The van der Waals surface area contributed by atoms with Crippen molar-refractivity contribution in [1.29, 1.82) is 0 Å². The molecule has 5 rings (SSSR count). The molecule has 0 spiro atoms. The Kier molecular flexibility index (Phi) is 14.2. The maximum Gasteiger partial charge on any atom is 0.434 e. The van der Waals surface area contributed by atoms with Crippen LogP contribution in [0, 0.1) is 10.1 Å². The number of aromatic nitrogens is 3. The van der Waals surface area contributed by atoms with Crippen molar-refractivity contribution in [2.24, 2.45) is 0 Å². The van der Waals surface area contributed by atoms with Gasteiger partial charge in [0.05, 0.1) is 33.2 Å². The number of carbonyl (C=O) groups excluding carboxylic acids is 1. The fraction of sp³-hybridized carbons (Fsp3) is 0.395. The van der Waals surface area contributed by atoms with Gasteiger partial charge in [0.2, 0.25) is 15.9 Å². The Morgan fingerprint density at radius 3 is 2.49 bits per heavy atom. The van der Waals surface area contributed by atoms with Crippen LogP contribution in [0.1, 0.15) is 60.9 Å².